The summed E-state index contributed by atoms with van der Waals surface area (Å²) in [6, 6.07) is 17.1. The molecule has 0 aliphatic rings. The molecule has 19 heavy (non-hydrogen) atoms. The van der Waals surface area contributed by atoms with Crippen molar-refractivity contribution < 1.29 is 0 Å². The predicted octanol–water partition coefficient (Wildman–Crippen LogP) is 3.23. The summed E-state index contributed by atoms with van der Waals surface area (Å²) in [5.74, 6) is 0. The fraction of sp³-hybridized carbons (Fsp3) is 0.0556. The van der Waals surface area contributed by atoms with Gasteiger partial charge in [0.25, 0.3) is 0 Å². The zero-order chi connectivity index (χ0) is 13.2. The number of aliphatic imine (C=N–C) groups is 1. The maximum atomic E-state index is 3.95. The summed E-state index contributed by atoms with van der Waals surface area (Å²) in [5, 5.41) is 7.36. The van der Waals surface area contributed by atoms with Gasteiger partial charge in [0.1, 0.15) is 0 Å². The molecule has 3 rings (SSSR count). The second-order valence-electron chi connectivity index (χ2n) is 4.55. The Hall–Kier alpha value is -2.41. The monoisotopic (exact) mass is 245 g/mol. The van der Waals surface area contributed by atoms with Crippen LogP contribution in [0.25, 0.3) is 33.8 Å². The zero-order valence-electron chi connectivity index (χ0n) is 10.9. The highest BCUT2D eigenvalue weighted by molar-refractivity contribution is 6.07. The third-order valence-electron chi connectivity index (χ3n) is 3.53. The summed E-state index contributed by atoms with van der Waals surface area (Å²) >= 11 is 0. The molecular weight excluding hydrogens is 230 g/mol. The lowest BCUT2D eigenvalue weighted by Gasteiger charge is -2.05. The smallest absolute Gasteiger partial charge is 0.0345 e. The van der Waals surface area contributed by atoms with Crippen molar-refractivity contribution in [2.24, 2.45) is 4.99 Å². The van der Waals surface area contributed by atoms with Gasteiger partial charge in [0.15, 0.2) is 0 Å². The van der Waals surface area contributed by atoms with Crippen LogP contribution in [0.2, 0.25) is 0 Å². The molecule has 0 aliphatic heterocycles. The lowest BCUT2D eigenvalue weighted by Crippen LogP contribution is -2.24. The Labute approximate surface area is 112 Å². The van der Waals surface area contributed by atoms with E-state index in [0.29, 0.717) is 0 Å². The van der Waals surface area contributed by atoms with Crippen LogP contribution in [0.1, 0.15) is 6.92 Å². The Morgan fingerprint density at radius 2 is 1.68 bits per heavy atom. The highest BCUT2D eigenvalue weighted by atomic mass is 14.6. The zero-order valence-corrected chi connectivity index (χ0v) is 10.9. The first kappa shape index (κ1) is 11.7. The molecule has 92 valence electrons. The van der Waals surface area contributed by atoms with E-state index >= 15 is 0 Å². The first-order valence-electron chi connectivity index (χ1n) is 6.38. The van der Waals surface area contributed by atoms with E-state index in [9.17, 15) is 0 Å². The summed E-state index contributed by atoms with van der Waals surface area (Å²) in [6.07, 6.45) is 3.94. The molecule has 0 atom stereocenters. The van der Waals surface area contributed by atoms with Gasteiger partial charge in [-0.05, 0) is 40.4 Å². The van der Waals surface area contributed by atoms with E-state index in [1.807, 2.05) is 13.1 Å². The molecule has 0 radical (unpaired) electrons. The number of hydrogen-bond acceptors (Lipinski definition) is 1. The Morgan fingerprint density at radius 1 is 0.895 bits per heavy atom. The van der Waals surface area contributed by atoms with Crippen LogP contribution in [0.4, 0.5) is 0 Å². The van der Waals surface area contributed by atoms with Crippen molar-refractivity contribution in [3.05, 3.63) is 59.0 Å². The summed E-state index contributed by atoms with van der Waals surface area (Å²) < 4.78 is 0. The Kier molecular flexibility index (Phi) is 2.88. The SMILES string of the molecule is C=N/C=c1\c(=C/C)ccc2c1ccc1ccccc12. The average molecular weight is 245 g/mol. The first-order chi connectivity index (χ1) is 9.35. The van der Waals surface area contributed by atoms with Gasteiger partial charge in [0.05, 0.1) is 0 Å². The lowest BCUT2D eigenvalue weighted by molar-refractivity contribution is 1.54. The minimum Gasteiger partial charge on any atom is -0.272 e. The minimum absolute atomic E-state index is 1.14. The normalized spacial score (nSPS) is 13.3. The molecule has 0 fully saturated rings. The van der Waals surface area contributed by atoms with Gasteiger partial charge >= 0.3 is 0 Å². The predicted molar refractivity (Wildman–Crippen MR) is 84.9 cm³/mol. The maximum Gasteiger partial charge on any atom is 0.0345 e. The van der Waals surface area contributed by atoms with Crippen LogP contribution >= 0.6 is 0 Å². The third kappa shape index (κ3) is 1.84. The van der Waals surface area contributed by atoms with Crippen molar-refractivity contribution in [2.75, 3.05) is 0 Å². The Balaban J connectivity index is 2.62. The van der Waals surface area contributed by atoms with Gasteiger partial charge in [-0.1, -0.05) is 54.6 Å². The largest absolute Gasteiger partial charge is 0.272 e. The van der Waals surface area contributed by atoms with Crippen LogP contribution in [0.5, 0.6) is 0 Å². The van der Waals surface area contributed by atoms with E-state index in [2.05, 4.69) is 66.3 Å². The average Bonchev–Trinajstić information content (AvgIpc) is 2.47. The maximum absolute atomic E-state index is 3.95. The van der Waals surface area contributed by atoms with Crippen molar-refractivity contribution >= 4 is 40.5 Å². The summed E-state index contributed by atoms with van der Waals surface area (Å²) in [5.41, 5.74) is 0. The highest BCUT2D eigenvalue weighted by Crippen LogP contribution is 2.22. The van der Waals surface area contributed by atoms with Gasteiger partial charge in [-0.3, -0.25) is 4.99 Å². The molecule has 0 bridgehead atoms. The van der Waals surface area contributed by atoms with E-state index in [1.54, 1.807) is 0 Å². The van der Waals surface area contributed by atoms with Crippen molar-refractivity contribution in [1.29, 1.82) is 0 Å². The van der Waals surface area contributed by atoms with E-state index in [-0.39, 0.29) is 0 Å². The fourth-order valence-electron chi connectivity index (χ4n) is 2.62. The van der Waals surface area contributed by atoms with E-state index in [0.717, 1.165) is 5.22 Å². The molecule has 0 amide bonds. The molecule has 0 aliphatic carbocycles. The molecule has 0 unspecified atom stereocenters. The number of benzene rings is 3. The van der Waals surface area contributed by atoms with Crippen LogP contribution in [0, 0.1) is 0 Å². The molecule has 1 heteroatoms. The van der Waals surface area contributed by atoms with Gasteiger partial charge in [-0.25, -0.2) is 0 Å². The Bertz CT molecular complexity index is 889. The van der Waals surface area contributed by atoms with Gasteiger partial charge < -0.3 is 0 Å². The van der Waals surface area contributed by atoms with Crippen LogP contribution in [0.3, 0.4) is 0 Å². The summed E-state index contributed by atoms with van der Waals surface area (Å²) in [7, 11) is 0. The molecule has 0 saturated heterocycles. The molecule has 0 aromatic heterocycles. The van der Waals surface area contributed by atoms with Gasteiger partial charge in [-0.2, -0.15) is 0 Å². The van der Waals surface area contributed by atoms with Crippen LogP contribution < -0.4 is 10.4 Å². The minimum atomic E-state index is 1.14. The number of rotatable bonds is 1. The van der Waals surface area contributed by atoms with Gasteiger partial charge in [0, 0.05) is 11.4 Å². The standard InChI is InChI=1S/C18H15N/c1-3-13-8-10-16-15-7-5-4-6-14(15)9-11-17(16)18(13)12-19-2/h3-12H,2H2,1H3/b13-3-,18-12+. The molecule has 0 saturated carbocycles. The van der Waals surface area contributed by atoms with Crippen molar-refractivity contribution in [3.8, 4) is 0 Å². The summed E-state index contributed by atoms with van der Waals surface area (Å²) in [6.45, 7) is 5.63. The molecule has 3 aromatic carbocycles. The third-order valence-corrected chi connectivity index (χ3v) is 3.53. The number of fused-ring (bicyclic) bond motifs is 3. The van der Waals surface area contributed by atoms with Crippen LogP contribution in [0.15, 0.2) is 53.5 Å². The second-order valence-corrected chi connectivity index (χ2v) is 4.55. The van der Waals surface area contributed by atoms with Crippen molar-refractivity contribution in [1.82, 2.24) is 0 Å². The van der Waals surface area contributed by atoms with Crippen molar-refractivity contribution in [3.63, 3.8) is 0 Å². The first-order valence-corrected chi connectivity index (χ1v) is 6.38. The molecule has 3 aromatic rings. The van der Waals surface area contributed by atoms with E-state index in [4.69, 9.17) is 0 Å². The topological polar surface area (TPSA) is 12.4 Å². The highest BCUT2D eigenvalue weighted by Gasteiger charge is 2.01. The van der Waals surface area contributed by atoms with E-state index < -0.39 is 0 Å². The summed E-state index contributed by atoms with van der Waals surface area (Å²) in [4.78, 5) is 3.95. The molecule has 1 nitrogen and oxygen atoms in total. The molecule has 0 spiro atoms. The van der Waals surface area contributed by atoms with Gasteiger partial charge in [0.2, 0.25) is 0 Å². The lowest BCUT2D eigenvalue weighted by atomic mass is 10.00. The molecule has 0 N–H and O–H groups in total. The number of hydrogen-bond donors (Lipinski definition) is 0. The van der Waals surface area contributed by atoms with Gasteiger partial charge in [-0.15, -0.1) is 0 Å². The Morgan fingerprint density at radius 3 is 2.47 bits per heavy atom. The fourth-order valence-corrected chi connectivity index (χ4v) is 2.62. The van der Waals surface area contributed by atoms with Crippen LogP contribution in [-0.4, -0.2) is 6.72 Å². The van der Waals surface area contributed by atoms with Crippen LogP contribution in [-0.2, 0) is 0 Å². The molecule has 0 heterocycles. The van der Waals surface area contributed by atoms with E-state index in [1.165, 1.54) is 26.8 Å². The quantitative estimate of drug-likeness (QED) is 0.461. The molecular formula is C18H15N. The van der Waals surface area contributed by atoms with Crippen molar-refractivity contribution in [2.45, 2.75) is 6.92 Å². The second kappa shape index (κ2) is 4.69. The number of nitrogens with zero attached hydrogens (tertiary/aromatic N) is 1.